The van der Waals surface area contributed by atoms with Gasteiger partial charge in [0.2, 0.25) is 0 Å². The van der Waals surface area contributed by atoms with Crippen molar-refractivity contribution in [3.8, 4) is 22.8 Å². The highest BCUT2D eigenvalue weighted by molar-refractivity contribution is 5.82. The number of aliphatic hydroxyl groups excluding tert-OH is 2. The molecule has 2 aromatic carbocycles. The van der Waals surface area contributed by atoms with Crippen LogP contribution in [-0.2, 0) is 7.05 Å². The van der Waals surface area contributed by atoms with Crippen LogP contribution < -0.4 is 14.4 Å². The van der Waals surface area contributed by atoms with E-state index in [0.29, 0.717) is 22.7 Å². The number of rotatable bonds is 8. The lowest BCUT2D eigenvalue weighted by Gasteiger charge is -2.28. The number of ether oxygens (including phenoxy) is 2. The average molecular weight is 435 g/mol. The largest absolute Gasteiger partial charge is 0.497 e. The highest BCUT2D eigenvalue weighted by Gasteiger charge is 2.17. The van der Waals surface area contributed by atoms with E-state index in [1.54, 1.807) is 37.4 Å². The Morgan fingerprint density at radius 2 is 1.75 bits per heavy atom. The molecule has 32 heavy (non-hydrogen) atoms. The number of hydrogen-bond donors (Lipinski definition) is 2. The molecule has 0 aliphatic carbocycles. The van der Waals surface area contributed by atoms with E-state index >= 15 is 0 Å². The molecular weight excluding hydrogens is 410 g/mol. The van der Waals surface area contributed by atoms with Crippen molar-refractivity contribution in [2.45, 2.75) is 6.10 Å². The summed E-state index contributed by atoms with van der Waals surface area (Å²) in [6.45, 7) is -0.204. The van der Waals surface area contributed by atoms with E-state index in [4.69, 9.17) is 14.5 Å². The molecule has 4 aromatic rings. The van der Waals surface area contributed by atoms with E-state index in [-0.39, 0.29) is 13.2 Å². The lowest BCUT2D eigenvalue weighted by Crippen LogP contribution is -2.31. The van der Waals surface area contributed by atoms with Crippen LogP contribution in [0.4, 0.5) is 11.4 Å². The molecule has 0 aliphatic heterocycles. The van der Waals surface area contributed by atoms with E-state index in [2.05, 4.69) is 10.1 Å². The normalized spacial score (nSPS) is 12.0. The summed E-state index contributed by atoms with van der Waals surface area (Å²) in [4.78, 5) is 11.2. The van der Waals surface area contributed by atoms with Gasteiger partial charge >= 0.3 is 0 Å². The monoisotopic (exact) mass is 435 g/mol. The zero-order valence-corrected chi connectivity index (χ0v) is 18.1. The predicted molar refractivity (Wildman–Crippen MR) is 121 cm³/mol. The Kier molecular flexibility index (Phi) is 6.20. The lowest BCUT2D eigenvalue weighted by molar-refractivity contribution is 0.102. The molecule has 9 nitrogen and oxygen atoms in total. The molecule has 9 heteroatoms. The van der Waals surface area contributed by atoms with Crippen LogP contribution in [0.15, 0.2) is 55.0 Å². The predicted octanol–water partition coefficient (Wildman–Crippen LogP) is 2.54. The molecule has 1 unspecified atom stereocenters. The van der Waals surface area contributed by atoms with Crippen LogP contribution in [0.25, 0.3) is 22.3 Å². The zero-order valence-electron chi connectivity index (χ0n) is 18.1. The third-order valence-electron chi connectivity index (χ3n) is 5.09. The summed E-state index contributed by atoms with van der Waals surface area (Å²) in [7, 11) is 5.01. The number of aliphatic hydroxyl groups is 2. The smallest absolute Gasteiger partial charge is 0.124 e. The van der Waals surface area contributed by atoms with E-state index < -0.39 is 6.10 Å². The van der Waals surface area contributed by atoms with E-state index in [0.717, 1.165) is 22.5 Å². The molecular formula is C23H25N5O4. The van der Waals surface area contributed by atoms with Crippen molar-refractivity contribution in [2.24, 2.45) is 7.05 Å². The van der Waals surface area contributed by atoms with Crippen LogP contribution in [0, 0.1) is 0 Å². The van der Waals surface area contributed by atoms with E-state index in [1.807, 2.05) is 48.5 Å². The SMILES string of the molecule is COc1cc(OC)cc(N(CC(O)CO)c2ccc3ncc(-c4cnn(C)c4)nc3c2)c1. The number of anilines is 2. The van der Waals surface area contributed by atoms with Crippen LogP contribution in [0.1, 0.15) is 0 Å². The number of aromatic nitrogens is 4. The fourth-order valence-electron chi connectivity index (χ4n) is 3.44. The Morgan fingerprint density at radius 1 is 1.00 bits per heavy atom. The van der Waals surface area contributed by atoms with Gasteiger partial charge in [-0.05, 0) is 18.2 Å². The van der Waals surface area contributed by atoms with Crippen LogP contribution >= 0.6 is 0 Å². The second-order valence-corrected chi connectivity index (χ2v) is 7.35. The molecule has 0 spiro atoms. The maximum atomic E-state index is 10.2. The molecule has 0 saturated heterocycles. The molecule has 0 radical (unpaired) electrons. The number of methoxy groups -OCH3 is 2. The quantitative estimate of drug-likeness (QED) is 0.435. The Morgan fingerprint density at radius 3 is 2.38 bits per heavy atom. The van der Waals surface area contributed by atoms with Gasteiger partial charge in [-0.2, -0.15) is 5.10 Å². The molecule has 0 fully saturated rings. The minimum absolute atomic E-state index is 0.161. The lowest BCUT2D eigenvalue weighted by atomic mass is 10.1. The number of benzene rings is 2. The summed E-state index contributed by atoms with van der Waals surface area (Å²) in [5, 5.41) is 23.9. The van der Waals surface area contributed by atoms with Crippen molar-refractivity contribution in [1.82, 2.24) is 19.7 Å². The van der Waals surface area contributed by atoms with E-state index in [1.165, 1.54) is 0 Å². The van der Waals surface area contributed by atoms with Crippen molar-refractivity contribution in [2.75, 3.05) is 32.3 Å². The van der Waals surface area contributed by atoms with Gasteiger partial charge in [0.1, 0.15) is 11.5 Å². The molecule has 0 amide bonds. The first kappa shape index (κ1) is 21.5. The van der Waals surface area contributed by atoms with Gasteiger partial charge in [-0.3, -0.25) is 9.67 Å². The molecule has 0 aliphatic rings. The summed E-state index contributed by atoms with van der Waals surface area (Å²) in [6, 6.07) is 11.1. The Labute approximate surface area is 185 Å². The molecule has 1 atom stereocenters. The van der Waals surface area contributed by atoms with E-state index in [9.17, 15) is 10.2 Å². The summed E-state index contributed by atoms with van der Waals surface area (Å²) >= 11 is 0. The average Bonchev–Trinajstić information content (AvgIpc) is 3.27. The maximum absolute atomic E-state index is 10.2. The van der Waals surface area contributed by atoms with Gasteiger partial charge in [0.15, 0.2) is 0 Å². The van der Waals surface area contributed by atoms with Gasteiger partial charge in [0.25, 0.3) is 0 Å². The van der Waals surface area contributed by atoms with Crippen LogP contribution in [0.3, 0.4) is 0 Å². The molecule has 2 heterocycles. The second-order valence-electron chi connectivity index (χ2n) is 7.35. The number of hydrogen-bond acceptors (Lipinski definition) is 8. The third-order valence-corrected chi connectivity index (χ3v) is 5.09. The second kappa shape index (κ2) is 9.21. The van der Waals surface area contributed by atoms with Crippen LogP contribution in [0.5, 0.6) is 11.5 Å². The Balaban J connectivity index is 1.80. The number of aryl methyl sites for hydroxylation is 1. The summed E-state index contributed by atoms with van der Waals surface area (Å²) < 4.78 is 12.5. The first-order valence-corrected chi connectivity index (χ1v) is 10.1. The summed E-state index contributed by atoms with van der Waals surface area (Å²) in [5.74, 6) is 1.23. The fraction of sp³-hybridized carbons (Fsp3) is 0.261. The summed E-state index contributed by atoms with van der Waals surface area (Å²) in [6.07, 6.45) is 4.40. The van der Waals surface area contributed by atoms with Gasteiger partial charge in [0.05, 0.1) is 62.6 Å². The standard InChI is InChI=1S/C23H25N5O4/c1-27-12-15(10-25-27)23-11-24-21-5-4-16(8-22(21)26-23)28(13-18(30)14-29)17-6-19(31-2)9-20(7-17)32-3/h4-12,18,29-30H,13-14H2,1-3H3. The Hall–Kier alpha value is -3.69. The minimum atomic E-state index is -0.948. The molecule has 0 bridgehead atoms. The van der Waals surface area contributed by atoms with Gasteiger partial charge in [-0.15, -0.1) is 0 Å². The van der Waals surface area contributed by atoms with Crippen LogP contribution in [-0.4, -0.2) is 63.4 Å². The van der Waals surface area contributed by atoms with Gasteiger partial charge in [0, 0.05) is 48.4 Å². The number of nitrogens with zero attached hydrogens (tertiary/aromatic N) is 5. The van der Waals surface area contributed by atoms with Crippen molar-refractivity contribution in [3.63, 3.8) is 0 Å². The summed E-state index contributed by atoms with van der Waals surface area (Å²) in [5.41, 5.74) is 4.54. The van der Waals surface area contributed by atoms with Crippen molar-refractivity contribution in [1.29, 1.82) is 0 Å². The van der Waals surface area contributed by atoms with Gasteiger partial charge < -0.3 is 24.6 Å². The zero-order chi connectivity index (χ0) is 22.7. The molecule has 0 saturated carbocycles. The highest BCUT2D eigenvalue weighted by atomic mass is 16.5. The molecule has 2 N–H and O–H groups in total. The minimum Gasteiger partial charge on any atom is -0.497 e. The Bertz CT molecular complexity index is 1200. The topological polar surface area (TPSA) is 106 Å². The molecule has 4 rings (SSSR count). The highest BCUT2D eigenvalue weighted by Crippen LogP contribution is 2.34. The van der Waals surface area contributed by atoms with Crippen molar-refractivity contribution >= 4 is 22.4 Å². The fourth-order valence-corrected chi connectivity index (χ4v) is 3.44. The maximum Gasteiger partial charge on any atom is 0.124 e. The van der Waals surface area contributed by atoms with Gasteiger partial charge in [-0.25, -0.2) is 4.98 Å². The number of fused-ring (bicyclic) bond motifs is 1. The molecule has 2 aromatic heterocycles. The molecule has 166 valence electrons. The van der Waals surface area contributed by atoms with Crippen molar-refractivity contribution < 1.29 is 19.7 Å². The first-order valence-electron chi connectivity index (χ1n) is 10.1. The van der Waals surface area contributed by atoms with Crippen LogP contribution in [0.2, 0.25) is 0 Å². The first-order chi connectivity index (χ1) is 15.5. The van der Waals surface area contributed by atoms with Gasteiger partial charge in [-0.1, -0.05) is 0 Å². The van der Waals surface area contributed by atoms with Crippen molar-refractivity contribution in [3.05, 3.63) is 55.0 Å². The third kappa shape index (κ3) is 4.48.